The molecule has 1 aliphatic carbocycles. The molecule has 0 aromatic heterocycles. The number of halogens is 1. The van der Waals surface area contributed by atoms with Gasteiger partial charge in [0.2, 0.25) is 0 Å². The van der Waals surface area contributed by atoms with Crippen molar-refractivity contribution in [3.63, 3.8) is 0 Å². The fourth-order valence-electron chi connectivity index (χ4n) is 15.1. The van der Waals surface area contributed by atoms with Crippen molar-refractivity contribution >= 4 is 55.3 Å². The van der Waals surface area contributed by atoms with Gasteiger partial charge in [0.05, 0.1) is 13.2 Å². The van der Waals surface area contributed by atoms with Crippen LogP contribution in [-0.4, -0.2) is 131 Å². The maximum Gasteiger partial charge on any atom is 0.303 e. The molecule has 3 heterocycles. The first-order valence-corrected chi connectivity index (χ1v) is 38.5. The average Bonchev–Trinajstić information content (AvgIpc) is 1.25. The van der Waals surface area contributed by atoms with E-state index in [9.17, 15) is 30.3 Å². The van der Waals surface area contributed by atoms with Crippen molar-refractivity contribution in [2.75, 3.05) is 66.2 Å². The van der Waals surface area contributed by atoms with Gasteiger partial charge in [0.25, 0.3) is 0 Å². The van der Waals surface area contributed by atoms with E-state index in [2.05, 4.69) is 185 Å². The summed E-state index contributed by atoms with van der Waals surface area (Å²) in [4.78, 5) is 19.1. The topological polar surface area (TPSA) is 146 Å². The zero-order chi connectivity index (χ0) is 72.6. The van der Waals surface area contributed by atoms with Gasteiger partial charge in [0, 0.05) is 55.3 Å². The molecule has 11 nitrogen and oxygen atoms in total. The number of aliphatic hydroxyl groups is 2. The summed E-state index contributed by atoms with van der Waals surface area (Å²) in [5.41, 5.74) is 18.0. The van der Waals surface area contributed by atoms with Gasteiger partial charge in [0.1, 0.15) is 23.0 Å². The Balaban J connectivity index is 0.000000156. The molecule has 1 saturated carbocycles. The Bertz CT molecular complexity index is 4200. The molecule has 13 rings (SSSR count). The highest BCUT2D eigenvalue weighted by atomic mass is 79.9. The lowest BCUT2D eigenvalue weighted by molar-refractivity contribution is -0.136. The lowest BCUT2D eigenvalue weighted by Gasteiger charge is -2.20. The predicted octanol–water partition coefficient (Wildman–Crippen LogP) is 19.8. The highest BCUT2D eigenvalue weighted by Crippen LogP contribution is 2.42. The number of aromatic hydroxyl groups is 2. The van der Waals surface area contributed by atoms with Crippen LogP contribution in [0.15, 0.2) is 241 Å². The van der Waals surface area contributed by atoms with E-state index in [4.69, 9.17) is 9.47 Å². The van der Waals surface area contributed by atoms with Crippen LogP contribution in [0.3, 0.4) is 0 Å². The number of carboxylic acid groups (broad SMARTS) is 1. The lowest BCUT2D eigenvalue weighted by Crippen LogP contribution is -2.28. The summed E-state index contributed by atoms with van der Waals surface area (Å²) in [7, 11) is 2.21. The maximum absolute atomic E-state index is 11.5. The van der Waals surface area contributed by atoms with E-state index < -0.39 is 5.97 Å². The van der Waals surface area contributed by atoms with E-state index in [1.165, 1.54) is 92.6 Å². The van der Waals surface area contributed by atoms with Crippen LogP contribution in [-0.2, 0) is 4.79 Å². The summed E-state index contributed by atoms with van der Waals surface area (Å²) in [6.45, 7) is 12.3. The summed E-state index contributed by atoms with van der Waals surface area (Å²) in [6, 6.07) is 81.7. The van der Waals surface area contributed by atoms with Gasteiger partial charge in [-0.2, -0.15) is 0 Å². The van der Waals surface area contributed by atoms with Crippen LogP contribution in [0.2, 0.25) is 0 Å². The van der Waals surface area contributed by atoms with E-state index in [1.807, 2.05) is 78.9 Å². The predicted molar refractivity (Wildman–Crippen MR) is 429 cm³/mol. The van der Waals surface area contributed by atoms with Crippen molar-refractivity contribution in [1.29, 1.82) is 0 Å². The number of aliphatic hydroxyl groups excluding tert-OH is 2. The van der Waals surface area contributed by atoms with Gasteiger partial charge in [-0.25, -0.2) is 0 Å². The fraction of sp³-hybridized carbons (Fsp3) is 0.337. The number of hydrogen-bond acceptors (Lipinski definition) is 10. The first kappa shape index (κ1) is 76.3. The van der Waals surface area contributed by atoms with Crippen molar-refractivity contribution in [2.45, 2.75) is 128 Å². The van der Waals surface area contributed by atoms with Crippen LogP contribution in [0.25, 0.3) is 33.4 Å². The molecule has 12 heteroatoms. The first-order chi connectivity index (χ1) is 50.8. The Morgan fingerprint density at radius 1 is 0.462 bits per heavy atom. The SMILES string of the molecule is CC(C)N1CCC(CCOc2ccc(/C(=C(/CCCO)c3ccccc3)c3ccc(O)cc3)cc2)C1.CN1CCCC1CCOc1ccc(/C(=C(/CCCO)c2ccccc2)c2ccc(Br)cc2)cc1.O=C(O)CC/C(=C(\c1ccc(O)cc1)c1ccc(C2CCN(C3CC3)C2)cc1)c1ccccc1. The molecule has 5 N–H and O–H groups in total. The third-order valence-corrected chi connectivity index (χ3v) is 21.5. The molecule has 542 valence electrons. The Morgan fingerprint density at radius 3 is 1.29 bits per heavy atom. The van der Waals surface area contributed by atoms with Crippen molar-refractivity contribution in [1.82, 2.24) is 14.7 Å². The first-order valence-electron chi connectivity index (χ1n) is 37.7. The standard InChI is InChI=1S/C32H39NO3.C30H34BrNO2.C30H31NO3/c1-24(2)33-20-18-25(23-33)19-22-36-30-16-12-28(13-17-30)32(27-10-14-29(35)15-11-27)31(9-6-21-34)26-7-4-3-5-8-26;1-32-20-5-9-27(32)19-22-34-28-17-13-25(14-18-28)30(24-11-15-26(31)16-12-24)29(10-6-21-33)23-7-3-2-4-8-23;32-27-14-10-24(11-15-27)30(28(16-17-29(33)34)22-4-2-1-3-5-22)23-8-6-21(7-9-23)25-18-19-31(20-25)26-12-13-26/h3-5,7-8,10-17,24-25,34-35H,6,9,18-23H2,1-2H3;2-4,7-8,11-18,27,33H,5-6,9-10,19-22H2,1H3;1-11,14-15,25-26,32H,12-13,16-20H2,(H,33,34)/b32-31-;30-29-;30-28+. The largest absolute Gasteiger partial charge is 0.508 e. The number of rotatable bonds is 29. The summed E-state index contributed by atoms with van der Waals surface area (Å²) in [5, 5.41) is 48.3. The molecular formula is C92H104BrN3O8. The number of nitrogens with zero attached hydrogens (tertiary/aromatic N) is 3. The Morgan fingerprint density at radius 2 is 0.885 bits per heavy atom. The van der Waals surface area contributed by atoms with Gasteiger partial charge in [-0.1, -0.05) is 192 Å². The van der Waals surface area contributed by atoms with Gasteiger partial charge in [-0.05, 0) is 286 Å². The molecule has 4 fully saturated rings. The van der Waals surface area contributed by atoms with E-state index in [-0.39, 0.29) is 31.1 Å². The Labute approximate surface area is 625 Å². The second kappa shape index (κ2) is 38.8. The van der Waals surface area contributed by atoms with Gasteiger partial charge in [-0.15, -0.1) is 0 Å². The zero-order valence-electron chi connectivity index (χ0n) is 60.8. The van der Waals surface area contributed by atoms with Crippen LogP contribution >= 0.6 is 15.9 Å². The molecular weight excluding hydrogens is 1350 g/mol. The summed E-state index contributed by atoms with van der Waals surface area (Å²) in [5.74, 6) is 2.75. The number of hydrogen-bond donors (Lipinski definition) is 5. The molecule has 0 bridgehead atoms. The van der Waals surface area contributed by atoms with Gasteiger partial charge < -0.3 is 44.8 Å². The molecule has 0 radical (unpaired) electrons. The number of benzene rings is 9. The molecule has 3 atom stereocenters. The number of aliphatic carboxylic acids is 1. The molecule has 3 aliphatic heterocycles. The summed E-state index contributed by atoms with van der Waals surface area (Å²) < 4.78 is 13.3. The Hall–Kier alpha value is -8.85. The number of phenolic OH excluding ortho intramolecular Hbond substituents is 2. The lowest BCUT2D eigenvalue weighted by atomic mass is 9.86. The normalized spacial score (nSPS) is 17.6. The molecule has 104 heavy (non-hydrogen) atoms. The number of ether oxygens (including phenoxy) is 2. The molecule has 4 aliphatic rings. The minimum atomic E-state index is -0.810. The van der Waals surface area contributed by atoms with Crippen LogP contribution in [0, 0.1) is 5.92 Å². The smallest absolute Gasteiger partial charge is 0.303 e. The number of carboxylic acids is 1. The average molecular weight is 1460 g/mol. The van der Waals surface area contributed by atoms with Crippen molar-refractivity contribution in [3.8, 4) is 23.0 Å². The number of carbonyl (C=O) groups is 1. The zero-order valence-corrected chi connectivity index (χ0v) is 62.4. The van der Waals surface area contributed by atoms with Crippen LogP contribution in [0.1, 0.15) is 165 Å². The highest BCUT2D eigenvalue weighted by molar-refractivity contribution is 9.10. The Kier molecular flexibility index (Phi) is 28.4. The fourth-order valence-corrected chi connectivity index (χ4v) is 15.3. The minimum Gasteiger partial charge on any atom is -0.508 e. The van der Waals surface area contributed by atoms with E-state index in [1.54, 1.807) is 24.3 Å². The third-order valence-electron chi connectivity index (χ3n) is 20.9. The number of allylic oxidation sites excluding steroid dienone is 3. The quantitative estimate of drug-likeness (QED) is 0.0286. The van der Waals surface area contributed by atoms with Crippen molar-refractivity contribution in [2.24, 2.45) is 5.92 Å². The van der Waals surface area contributed by atoms with Gasteiger partial charge >= 0.3 is 5.97 Å². The molecule has 0 spiro atoms. The maximum atomic E-state index is 11.5. The van der Waals surface area contributed by atoms with Crippen LogP contribution in [0.5, 0.6) is 23.0 Å². The van der Waals surface area contributed by atoms with Crippen LogP contribution < -0.4 is 9.47 Å². The summed E-state index contributed by atoms with van der Waals surface area (Å²) in [6.07, 6.45) is 13.4. The third kappa shape index (κ3) is 21.6. The highest BCUT2D eigenvalue weighted by Gasteiger charge is 2.35. The number of phenols is 2. The van der Waals surface area contributed by atoms with Crippen molar-refractivity contribution < 1.29 is 39.8 Å². The minimum absolute atomic E-state index is 0.0585. The number of likely N-dealkylation sites (tertiary alicyclic amines) is 3. The van der Waals surface area contributed by atoms with Gasteiger partial charge in [0.15, 0.2) is 0 Å². The van der Waals surface area contributed by atoms with Crippen LogP contribution in [0.4, 0.5) is 0 Å². The molecule has 3 unspecified atom stereocenters. The van der Waals surface area contributed by atoms with E-state index >= 15 is 0 Å². The van der Waals surface area contributed by atoms with Crippen molar-refractivity contribution in [3.05, 3.63) is 297 Å². The van der Waals surface area contributed by atoms with E-state index in [0.717, 1.165) is 141 Å². The monoisotopic (exact) mass is 1460 g/mol. The second-order valence-electron chi connectivity index (χ2n) is 28.5. The molecule has 9 aromatic rings. The van der Waals surface area contributed by atoms with E-state index in [0.29, 0.717) is 30.8 Å². The second-order valence-corrected chi connectivity index (χ2v) is 29.4. The van der Waals surface area contributed by atoms with Gasteiger partial charge in [-0.3, -0.25) is 9.69 Å². The summed E-state index contributed by atoms with van der Waals surface area (Å²) >= 11 is 3.57. The molecule has 0 amide bonds. The molecule has 3 saturated heterocycles. The molecule has 9 aromatic carbocycles.